The highest BCUT2D eigenvalue weighted by Crippen LogP contribution is 2.42. The number of hydrogen-bond acceptors (Lipinski definition) is 21. The van der Waals surface area contributed by atoms with E-state index in [0.29, 0.717) is 11.1 Å². The number of nitrogens with zero attached hydrogens (tertiary/aromatic N) is 18. The smallest absolute Gasteiger partial charge is 0.141 e. The van der Waals surface area contributed by atoms with Crippen molar-refractivity contribution in [3.8, 4) is 118 Å². The molecule has 0 amide bonds. The van der Waals surface area contributed by atoms with Gasteiger partial charge in [-0.15, -0.1) is 0 Å². The number of pyridine rings is 5. The van der Waals surface area contributed by atoms with E-state index in [4.69, 9.17) is 23.2 Å². The summed E-state index contributed by atoms with van der Waals surface area (Å²) in [6, 6.07) is 77.5. The Morgan fingerprint density at radius 3 is 0.789 bits per heavy atom. The van der Waals surface area contributed by atoms with Crippen molar-refractivity contribution in [2.24, 2.45) is 0 Å². The molecule has 0 spiro atoms. The normalized spacial score (nSPS) is 11.1. The molecule has 0 saturated heterocycles. The Morgan fingerprint density at radius 1 is 0.268 bits per heavy atom. The number of rotatable bonds is 23. The fourth-order valence-electron chi connectivity index (χ4n) is 17.0. The predicted molar refractivity (Wildman–Crippen MR) is 570 cm³/mol. The Bertz CT molecular complexity index is 7550. The standard InChI is InChI=1S/C24H23FN4.C23H20ClFN4.C23H21FN4.C23H22N4O.C22H18ClFN4/c1-4-29(5-2)24-20-14-17(9-11-22(20)27-15-28-24)19-7-6-12-26-23(19)18-8-10-21(25)16(3)13-18;1-3-29(4-2)23-18-12-15(8-10-21(18)27-14-28-23)17-6-5-11-26-22(17)16-7-9-20(25)19(24)13-16;1-14(2)28-23-19-12-16(7-9-21(19)26-13-27-23)18-5-4-10-25-22(18)17-6-8-20(24)15(3)11-17;1-3-27(4-2)23-20-14-16(10-11-21(20)25-15-26-23)19-9-6-12-24-22(19)17-7-5-8-18(28)13-17;1-13(2)28-22-17-10-14(6-8-20(17)26-12-27-22)16-4-3-9-25-21(16)15-5-7-19(24)18(23)11-15/h6-15H,4-5H2,1-3H3;5-14H,3-4H2,1-2H3;4-14H,1-3H3,(H,26,27,28);5-15,28H,3-4H2,1-2H3;3-13H,1-2H3,(H,26,27,28). The predicted octanol–water partition coefficient (Wildman–Crippen LogP) is 28.2. The number of aromatic hydroxyl groups is 1. The molecule has 10 aromatic carbocycles. The maximum atomic E-state index is 13.8. The monoisotopic (exact) mass is 1930 g/mol. The number of aryl methyl sites for hydroxylation is 2. The van der Waals surface area contributed by atoms with E-state index in [1.54, 1.807) is 125 Å². The van der Waals surface area contributed by atoms with Crippen LogP contribution >= 0.6 is 23.2 Å². The third-order valence-corrected chi connectivity index (χ3v) is 24.7. The van der Waals surface area contributed by atoms with Gasteiger partial charge >= 0.3 is 0 Å². The summed E-state index contributed by atoms with van der Waals surface area (Å²) in [5.41, 5.74) is 23.7. The number of halogens is 6. The Balaban J connectivity index is 0.000000128. The van der Waals surface area contributed by atoms with Gasteiger partial charge in [-0.3, -0.25) is 24.9 Å². The Morgan fingerprint density at radius 2 is 0.521 bits per heavy atom. The second-order valence-corrected chi connectivity index (χ2v) is 34.9. The lowest BCUT2D eigenvalue weighted by Gasteiger charge is -2.21. The first-order valence-electron chi connectivity index (χ1n) is 47.0. The van der Waals surface area contributed by atoms with Crippen molar-refractivity contribution >= 4 is 107 Å². The van der Waals surface area contributed by atoms with E-state index in [1.165, 1.54) is 24.3 Å². The number of nitrogens with one attached hydrogen (secondary N) is 2. The molecule has 0 bridgehead atoms. The molecule has 10 aromatic heterocycles. The van der Waals surface area contributed by atoms with E-state index < -0.39 is 11.6 Å². The summed E-state index contributed by atoms with van der Waals surface area (Å²) in [7, 11) is 0. The molecule has 10 heterocycles. The number of hydrogen-bond donors (Lipinski definition) is 3. The van der Waals surface area contributed by atoms with Gasteiger partial charge in [-0.1, -0.05) is 96.0 Å². The number of anilines is 5. The Kier molecular flexibility index (Phi) is 31.7. The maximum Gasteiger partial charge on any atom is 0.141 e. The van der Waals surface area contributed by atoms with Crippen molar-refractivity contribution in [3.05, 3.63) is 356 Å². The molecular weight excluding hydrogens is 1820 g/mol. The van der Waals surface area contributed by atoms with Crippen molar-refractivity contribution in [1.82, 2.24) is 74.8 Å². The summed E-state index contributed by atoms with van der Waals surface area (Å²) >= 11 is 12.0. The lowest BCUT2D eigenvalue weighted by atomic mass is 9.97. The van der Waals surface area contributed by atoms with E-state index in [1.807, 2.05) is 133 Å². The number of benzene rings is 10. The number of phenolic OH excluding ortho intramolecular Hbond substituents is 1. The molecule has 0 aliphatic rings. The molecule has 142 heavy (non-hydrogen) atoms. The van der Waals surface area contributed by atoms with Gasteiger partial charge in [0, 0.05) is 165 Å². The molecule has 20 aromatic rings. The lowest BCUT2D eigenvalue weighted by Crippen LogP contribution is -2.23. The highest BCUT2D eigenvalue weighted by molar-refractivity contribution is 6.31. The Hall–Kier alpha value is -16.3. The van der Waals surface area contributed by atoms with Crippen LogP contribution in [-0.4, -0.2) is 131 Å². The van der Waals surface area contributed by atoms with Gasteiger partial charge in [-0.05, 0) is 298 Å². The van der Waals surface area contributed by atoms with E-state index in [-0.39, 0.29) is 39.5 Å². The second-order valence-electron chi connectivity index (χ2n) is 34.0. The van der Waals surface area contributed by atoms with Gasteiger partial charge in [0.25, 0.3) is 0 Å². The van der Waals surface area contributed by atoms with Crippen molar-refractivity contribution in [1.29, 1.82) is 0 Å². The molecule has 712 valence electrons. The van der Waals surface area contributed by atoms with Crippen LogP contribution in [-0.2, 0) is 0 Å². The summed E-state index contributed by atoms with van der Waals surface area (Å²) in [6.07, 6.45) is 16.7. The number of phenols is 1. The number of fused-ring (bicyclic) bond motifs is 5. The van der Waals surface area contributed by atoms with Crippen molar-refractivity contribution < 1.29 is 22.7 Å². The van der Waals surface area contributed by atoms with Gasteiger partial charge in [-0.2, -0.15) is 0 Å². The third kappa shape index (κ3) is 22.5. The highest BCUT2D eigenvalue weighted by Gasteiger charge is 2.23. The zero-order chi connectivity index (χ0) is 99.6. The van der Waals surface area contributed by atoms with Gasteiger partial charge in [0.15, 0.2) is 0 Å². The van der Waals surface area contributed by atoms with Crippen LogP contribution in [0.1, 0.15) is 80.4 Å². The molecule has 0 saturated carbocycles. The summed E-state index contributed by atoms with van der Waals surface area (Å²) in [5, 5.41) is 21.7. The lowest BCUT2D eigenvalue weighted by molar-refractivity contribution is 0.475. The maximum absolute atomic E-state index is 13.8. The summed E-state index contributed by atoms with van der Waals surface area (Å²) in [5.74, 6) is 3.30. The van der Waals surface area contributed by atoms with E-state index >= 15 is 0 Å². The largest absolute Gasteiger partial charge is 0.508 e. The van der Waals surface area contributed by atoms with Crippen molar-refractivity contribution in [3.63, 3.8) is 0 Å². The van der Waals surface area contributed by atoms with Gasteiger partial charge in [0.05, 0.1) is 66.1 Å². The van der Waals surface area contributed by atoms with Crippen LogP contribution in [0.25, 0.3) is 166 Å². The zero-order valence-corrected chi connectivity index (χ0v) is 82.1. The minimum atomic E-state index is -0.449. The summed E-state index contributed by atoms with van der Waals surface area (Å²) in [6.45, 7) is 29.8. The van der Waals surface area contributed by atoms with E-state index in [2.05, 4.69) is 212 Å². The molecular formula is C115H104Cl2F4N20O. The van der Waals surface area contributed by atoms with E-state index in [0.717, 1.165) is 235 Å². The van der Waals surface area contributed by atoms with Crippen molar-refractivity contribution in [2.45, 2.75) is 95.2 Å². The molecule has 0 atom stereocenters. The first-order chi connectivity index (χ1) is 69.0. The molecule has 27 heteroatoms. The average molecular weight is 1930 g/mol. The average Bonchev–Trinajstić information content (AvgIpc) is 0.906. The molecule has 3 N–H and O–H groups in total. The van der Waals surface area contributed by atoms with Gasteiger partial charge < -0.3 is 30.4 Å². The van der Waals surface area contributed by atoms with Gasteiger partial charge in [0.1, 0.15) is 89.7 Å². The fraction of sp³-hybridized carbons (Fsp3) is 0.174. The SMILES string of the molecule is CC(C)Nc1ncnc2ccc(-c3cccnc3-c3ccc(F)c(Cl)c3)cc12.CCN(CC)c1ncnc2ccc(-c3cccnc3-c3ccc(F)c(C)c3)cc12.CCN(CC)c1ncnc2ccc(-c3cccnc3-c3ccc(F)c(Cl)c3)cc12.CCN(CC)c1ncnc2ccc(-c3cccnc3-c3cccc(O)c3)cc12.Cc1cc(-c2ncccc2-c2ccc3ncnc(NC(C)C)c3c2)ccc1F. The summed E-state index contributed by atoms with van der Waals surface area (Å²) < 4.78 is 54.7. The van der Waals surface area contributed by atoms with Crippen LogP contribution < -0.4 is 25.3 Å². The third-order valence-electron chi connectivity index (χ3n) is 24.1. The van der Waals surface area contributed by atoms with Crippen LogP contribution in [0.5, 0.6) is 5.75 Å². The van der Waals surface area contributed by atoms with Gasteiger partial charge in [-0.25, -0.2) is 67.4 Å². The molecule has 0 unspecified atom stereocenters. The van der Waals surface area contributed by atoms with Crippen LogP contribution in [0.4, 0.5) is 46.7 Å². The zero-order valence-electron chi connectivity index (χ0n) is 80.6. The van der Waals surface area contributed by atoms with Crippen molar-refractivity contribution in [2.75, 3.05) is 64.6 Å². The molecule has 21 nitrogen and oxygen atoms in total. The fourth-order valence-corrected chi connectivity index (χ4v) is 17.4. The second kappa shape index (κ2) is 45.6. The number of aromatic nitrogens is 15. The van der Waals surface area contributed by atoms with Gasteiger partial charge in [0.2, 0.25) is 0 Å². The first-order valence-corrected chi connectivity index (χ1v) is 47.8. The molecule has 0 aliphatic heterocycles. The Labute approximate surface area is 832 Å². The first kappa shape index (κ1) is 98.8. The van der Waals surface area contributed by atoms with Crippen LogP contribution in [0.2, 0.25) is 10.0 Å². The minimum absolute atomic E-state index is 0.0736. The molecule has 0 aliphatic carbocycles. The highest BCUT2D eigenvalue weighted by atomic mass is 35.5. The molecule has 0 radical (unpaired) electrons. The summed E-state index contributed by atoms with van der Waals surface area (Å²) in [4.78, 5) is 73.9. The molecule has 0 fully saturated rings. The topological polar surface area (TPSA) is 247 Å². The van der Waals surface area contributed by atoms with Crippen LogP contribution in [0.15, 0.2) is 311 Å². The minimum Gasteiger partial charge on any atom is -0.508 e. The van der Waals surface area contributed by atoms with Crippen LogP contribution in [0.3, 0.4) is 0 Å². The van der Waals surface area contributed by atoms with E-state index in [9.17, 15) is 22.7 Å². The quantitative estimate of drug-likeness (QED) is 0.0504. The van der Waals surface area contributed by atoms with Crippen LogP contribution in [0, 0.1) is 37.1 Å². The molecule has 20 rings (SSSR count).